The number of carboxylic acids is 1. The van der Waals surface area contributed by atoms with Crippen LogP contribution in [0.15, 0.2) is 0 Å². The summed E-state index contributed by atoms with van der Waals surface area (Å²) in [5.74, 6) is -4.02. The molecule has 11 heteroatoms. The zero-order valence-electron chi connectivity index (χ0n) is 16.8. The number of hydrogen-bond acceptors (Lipinski definition) is 7. The largest absolute Gasteiger partial charge is 0.480 e. The Labute approximate surface area is 170 Å². The molecule has 0 spiro atoms. The van der Waals surface area contributed by atoms with E-state index in [0.29, 0.717) is 0 Å². The van der Waals surface area contributed by atoms with Crippen molar-refractivity contribution in [1.82, 2.24) is 16.0 Å². The molecule has 0 saturated heterocycles. The Morgan fingerprint density at radius 1 is 0.857 bits per heavy atom. The van der Waals surface area contributed by atoms with E-state index < -0.39 is 54.0 Å². The topological polar surface area (TPSA) is 171 Å². The van der Waals surface area contributed by atoms with E-state index >= 15 is 0 Å². The molecular formula is C17H32N4O6S. The number of nitrogens with two attached hydrogens (primary N) is 1. The third-order valence-electron chi connectivity index (χ3n) is 4.13. The molecule has 3 amide bonds. The van der Waals surface area contributed by atoms with Crippen LogP contribution >= 0.6 is 12.6 Å². The normalized spacial score (nSPS) is 16.6. The second-order valence-corrected chi connectivity index (χ2v) is 7.67. The van der Waals surface area contributed by atoms with Gasteiger partial charge < -0.3 is 31.9 Å². The maximum absolute atomic E-state index is 12.6. The first-order valence-electron chi connectivity index (χ1n) is 9.01. The fourth-order valence-corrected chi connectivity index (χ4v) is 2.43. The molecule has 0 aromatic carbocycles. The molecule has 0 bridgehead atoms. The average molecular weight is 421 g/mol. The van der Waals surface area contributed by atoms with Crippen LogP contribution in [0.25, 0.3) is 0 Å². The number of carboxylic acid groups (broad SMARTS) is 1. The van der Waals surface area contributed by atoms with Crippen molar-refractivity contribution in [2.24, 2.45) is 17.6 Å². The fourth-order valence-electron chi connectivity index (χ4n) is 2.18. The lowest BCUT2D eigenvalue weighted by atomic mass is 9.99. The maximum atomic E-state index is 12.6. The van der Waals surface area contributed by atoms with Crippen LogP contribution in [0.5, 0.6) is 0 Å². The van der Waals surface area contributed by atoms with Gasteiger partial charge in [0.05, 0.1) is 12.1 Å². The molecule has 7 N–H and O–H groups in total. The Morgan fingerprint density at radius 3 is 1.68 bits per heavy atom. The van der Waals surface area contributed by atoms with Crippen molar-refractivity contribution >= 4 is 36.3 Å². The van der Waals surface area contributed by atoms with Gasteiger partial charge in [0.15, 0.2) is 0 Å². The van der Waals surface area contributed by atoms with Gasteiger partial charge in [-0.1, -0.05) is 27.7 Å². The van der Waals surface area contributed by atoms with Gasteiger partial charge in [-0.3, -0.25) is 14.4 Å². The molecule has 0 fully saturated rings. The molecule has 0 heterocycles. The van der Waals surface area contributed by atoms with Gasteiger partial charge in [0.1, 0.15) is 18.1 Å². The fraction of sp³-hybridized carbons (Fsp3) is 0.765. The van der Waals surface area contributed by atoms with Gasteiger partial charge in [0, 0.05) is 5.75 Å². The second kappa shape index (κ2) is 11.9. The van der Waals surface area contributed by atoms with E-state index in [-0.39, 0.29) is 17.6 Å². The number of hydrogen-bond donors (Lipinski definition) is 7. The SMILES string of the molecule is CC(C)C(N)C(=O)NC(C(=O)NC(C(=O)NC(CS)C(=O)O)C(C)O)C(C)C. The Bertz CT molecular complexity index is 570. The van der Waals surface area contributed by atoms with Gasteiger partial charge in [0.25, 0.3) is 0 Å². The van der Waals surface area contributed by atoms with Crippen molar-refractivity contribution in [3.63, 3.8) is 0 Å². The number of thiol groups is 1. The summed E-state index contributed by atoms with van der Waals surface area (Å²) in [5, 5.41) is 26.0. The van der Waals surface area contributed by atoms with Crippen molar-refractivity contribution in [1.29, 1.82) is 0 Å². The van der Waals surface area contributed by atoms with Crippen molar-refractivity contribution in [3.05, 3.63) is 0 Å². The van der Waals surface area contributed by atoms with Gasteiger partial charge in [-0.15, -0.1) is 0 Å². The molecule has 0 aromatic rings. The number of carbonyl (C=O) groups is 4. The van der Waals surface area contributed by atoms with Gasteiger partial charge in [-0.25, -0.2) is 4.79 Å². The van der Waals surface area contributed by atoms with Crippen LogP contribution < -0.4 is 21.7 Å². The lowest BCUT2D eigenvalue weighted by molar-refractivity contribution is -0.142. The van der Waals surface area contributed by atoms with Crippen LogP contribution in [-0.4, -0.2) is 69.9 Å². The second-order valence-electron chi connectivity index (χ2n) is 7.31. The highest BCUT2D eigenvalue weighted by Gasteiger charge is 2.33. The molecule has 162 valence electrons. The molecule has 0 rings (SSSR count). The minimum absolute atomic E-state index is 0.138. The van der Waals surface area contributed by atoms with E-state index in [1.54, 1.807) is 27.7 Å². The number of nitrogens with one attached hydrogen (secondary N) is 3. The molecule has 0 aromatic heterocycles. The van der Waals surface area contributed by atoms with E-state index in [1.165, 1.54) is 6.92 Å². The number of carbonyl (C=O) groups excluding carboxylic acids is 3. The molecular weight excluding hydrogens is 388 g/mol. The van der Waals surface area contributed by atoms with Crippen molar-refractivity contribution in [2.45, 2.75) is 64.9 Å². The minimum atomic E-state index is -1.41. The van der Waals surface area contributed by atoms with E-state index in [1.807, 2.05) is 0 Å². The van der Waals surface area contributed by atoms with Crippen LogP contribution in [0, 0.1) is 11.8 Å². The highest BCUT2D eigenvalue weighted by Crippen LogP contribution is 2.06. The first kappa shape index (κ1) is 26.1. The summed E-state index contributed by atoms with van der Waals surface area (Å²) < 4.78 is 0. The van der Waals surface area contributed by atoms with Crippen LogP contribution in [0.2, 0.25) is 0 Å². The standard InChI is InChI=1S/C17H32N4O6S/c1-7(2)11(18)14(23)20-12(8(3)4)15(24)21-13(9(5)22)16(25)19-10(6-28)17(26)27/h7-13,22,28H,6,18H2,1-5H3,(H,19,25)(H,20,23)(H,21,24)(H,26,27). The third kappa shape index (κ3) is 8.03. The summed E-state index contributed by atoms with van der Waals surface area (Å²) in [5.41, 5.74) is 5.79. The van der Waals surface area contributed by atoms with Gasteiger partial charge in [0.2, 0.25) is 17.7 Å². The summed E-state index contributed by atoms with van der Waals surface area (Å²) in [7, 11) is 0. The third-order valence-corrected chi connectivity index (χ3v) is 4.49. The lowest BCUT2D eigenvalue weighted by Crippen LogP contribution is -2.61. The minimum Gasteiger partial charge on any atom is -0.480 e. The molecule has 0 aliphatic carbocycles. The van der Waals surface area contributed by atoms with E-state index in [4.69, 9.17) is 10.8 Å². The molecule has 5 unspecified atom stereocenters. The van der Waals surface area contributed by atoms with Crippen LogP contribution in [0.1, 0.15) is 34.6 Å². The summed E-state index contributed by atoms with van der Waals surface area (Å²) in [6.45, 7) is 8.21. The molecule has 0 aliphatic heterocycles. The first-order valence-corrected chi connectivity index (χ1v) is 9.65. The zero-order chi connectivity index (χ0) is 22.2. The Hall–Kier alpha value is -1.85. The Kier molecular flexibility index (Phi) is 11.1. The molecule has 28 heavy (non-hydrogen) atoms. The number of aliphatic hydroxyl groups is 1. The number of aliphatic hydroxyl groups excluding tert-OH is 1. The Balaban J connectivity index is 5.29. The van der Waals surface area contributed by atoms with Crippen molar-refractivity contribution in [2.75, 3.05) is 5.75 Å². The van der Waals surface area contributed by atoms with Gasteiger partial charge in [-0.2, -0.15) is 12.6 Å². The quantitative estimate of drug-likeness (QED) is 0.199. The number of amides is 3. The highest BCUT2D eigenvalue weighted by atomic mass is 32.1. The lowest BCUT2D eigenvalue weighted by Gasteiger charge is -2.28. The van der Waals surface area contributed by atoms with E-state index in [2.05, 4.69) is 28.6 Å². The molecule has 0 saturated carbocycles. The predicted octanol–water partition coefficient (Wildman–Crippen LogP) is -1.52. The van der Waals surface area contributed by atoms with Gasteiger partial charge >= 0.3 is 5.97 Å². The van der Waals surface area contributed by atoms with Crippen molar-refractivity contribution in [3.8, 4) is 0 Å². The van der Waals surface area contributed by atoms with Crippen LogP contribution in [-0.2, 0) is 19.2 Å². The maximum Gasteiger partial charge on any atom is 0.327 e. The molecule has 0 radical (unpaired) electrons. The smallest absolute Gasteiger partial charge is 0.327 e. The van der Waals surface area contributed by atoms with E-state index in [9.17, 15) is 24.3 Å². The van der Waals surface area contributed by atoms with Crippen molar-refractivity contribution < 1.29 is 29.4 Å². The number of rotatable bonds is 11. The number of aliphatic carboxylic acids is 1. The summed E-state index contributed by atoms with van der Waals surface area (Å²) in [6.07, 6.45) is -1.31. The molecule has 10 nitrogen and oxygen atoms in total. The predicted molar refractivity (Wildman–Crippen MR) is 107 cm³/mol. The first-order chi connectivity index (χ1) is 12.8. The zero-order valence-corrected chi connectivity index (χ0v) is 17.7. The van der Waals surface area contributed by atoms with E-state index in [0.717, 1.165) is 0 Å². The summed E-state index contributed by atoms with van der Waals surface area (Å²) in [4.78, 5) is 48.2. The Morgan fingerprint density at radius 2 is 1.32 bits per heavy atom. The monoisotopic (exact) mass is 420 g/mol. The molecule has 5 atom stereocenters. The van der Waals surface area contributed by atoms with Crippen LogP contribution in [0.4, 0.5) is 0 Å². The summed E-state index contributed by atoms with van der Waals surface area (Å²) >= 11 is 3.85. The average Bonchev–Trinajstić information content (AvgIpc) is 2.59. The summed E-state index contributed by atoms with van der Waals surface area (Å²) in [6, 6.07) is -4.49. The molecule has 0 aliphatic rings. The highest BCUT2D eigenvalue weighted by molar-refractivity contribution is 7.80. The van der Waals surface area contributed by atoms with Crippen LogP contribution in [0.3, 0.4) is 0 Å². The van der Waals surface area contributed by atoms with Gasteiger partial charge in [-0.05, 0) is 18.8 Å².